The Labute approximate surface area is 150 Å². The van der Waals surface area contributed by atoms with E-state index in [1.807, 2.05) is 48.5 Å². The maximum atomic E-state index is 11.3. The molecule has 0 aliphatic heterocycles. The third-order valence-corrected chi connectivity index (χ3v) is 3.81. The lowest BCUT2D eigenvalue weighted by Gasteiger charge is -2.08. The van der Waals surface area contributed by atoms with E-state index in [4.69, 9.17) is 19.6 Å². The van der Waals surface area contributed by atoms with Crippen LogP contribution in [0.3, 0.4) is 0 Å². The first-order valence-electron chi connectivity index (χ1n) is 7.78. The minimum absolute atomic E-state index is 0.0470. The molecule has 0 saturated heterocycles. The van der Waals surface area contributed by atoms with Gasteiger partial charge in [0, 0.05) is 5.56 Å². The standard InChI is InChI=1S/C20H16NO5/c1-24-16-6-2-13(3-7-16)14-4-8-17(9-5-14)25-12-15-10-18(11-22)26-19(15)20(21)23/h2-10H,12H2,1H3,(H2,21,23). The normalized spacial score (nSPS) is 10.3. The summed E-state index contributed by atoms with van der Waals surface area (Å²) in [5, 5.41) is 0. The molecule has 6 heteroatoms. The van der Waals surface area contributed by atoms with E-state index in [-0.39, 0.29) is 18.1 Å². The monoisotopic (exact) mass is 350 g/mol. The van der Waals surface area contributed by atoms with Crippen molar-refractivity contribution < 1.29 is 23.5 Å². The van der Waals surface area contributed by atoms with Gasteiger partial charge in [-0.3, -0.25) is 9.59 Å². The van der Waals surface area contributed by atoms with Crippen molar-refractivity contribution in [3.63, 3.8) is 0 Å². The third-order valence-electron chi connectivity index (χ3n) is 3.81. The minimum Gasteiger partial charge on any atom is -0.497 e. The van der Waals surface area contributed by atoms with Crippen molar-refractivity contribution in [1.82, 2.24) is 0 Å². The topological polar surface area (TPSA) is 91.8 Å². The fraction of sp³-hybridized carbons (Fsp3) is 0.100. The van der Waals surface area contributed by atoms with Gasteiger partial charge in [0.15, 0.2) is 11.5 Å². The Kier molecular flexibility index (Phi) is 5.03. The Morgan fingerprint density at radius 2 is 1.62 bits per heavy atom. The molecule has 1 heterocycles. The molecule has 1 radical (unpaired) electrons. The number of nitrogens with two attached hydrogens (primary N) is 1. The number of primary amides is 1. The van der Waals surface area contributed by atoms with Crippen molar-refractivity contribution in [3.8, 4) is 22.6 Å². The SMILES string of the molecule is COc1ccc(-c2ccc(OCc3cc([C]=O)oc3C(N)=O)cc2)cc1. The minimum atomic E-state index is -0.764. The molecule has 6 nitrogen and oxygen atoms in total. The number of benzene rings is 2. The molecule has 3 aromatic rings. The summed E-state index contributed by atoms with van der Waals surface area (Å²) < 4.78 is 15.8. The summed E-state index contributed by atoms with van der Waals surface area (Å²) in [6, 6.07) is 16.6. The van der Waals surface area contributed by atoms with Gasteiger partial charge in [-0.1, -0.05) is 24.3 Å². The van der Waals surface area contributed by atoms with Crippen molar-refractivity contribution in [1.29, 1.82) is 0 Å². The fourth-order valence-corrected chi connectivity index (χ4v) is 2.48. The lowest BCUT2D eigenvalue weighted by Crippen LogP contribution is -2.12. The number of rotatable bonds is 7. The number of hydrogen-bond acceptors (Lipinski definition) is 5. The Morgan fingerprint density at radius 1 is 1.04 bits per heavy atom. The number of ether oxygens (including phenoxy) is 2. The van der Waals surface area contributed by atoms with E-state index in [0.29, 0.717) is 11.3 Å². The van der Waals surface area contributed by atoms with Crippen LogP contribution in [0.4, 0.5) is 0 Å². The largest absolute Gasteiger partial charge is 0.497 e. The van der Waals surface area contributed by atoms with E-state index in [9.17, 15) is 9.59 Å². The molecule has 2 N–H and O–H groups in total. The second-order valence-corrected chi connectivity index (χ2v) is 5.47. The van der Waals surface area contributed by atoms with Gasteiger partial charge in [-0.2, -0.15) is 0 Å². The van der Waals surface area contributed by atoms with Gasteiger partial charge in [-0.25, -0.2) is 0 Å². The molecule has 0 unspecified atom stereocenters. The summed E-state index contributed by atoms with van der Waals surface area (Å²) in [4.78, 5) is 22.0. The second-order valence-electron chi connectivity index (χ2n) is 5.47. The number of methoxy groups -OCH3 is 1. The van der Waals surface area contributed by atoms with Crippen molar-refractivity contribution >= 4 is 12.2 Å². The van der Waals surface area contributed by atoms with Crippen molar-refractivity contribution in [2.75, 3.05) is 7.11 Å². The van der Waals surface area contributed by atoms with Gasteiger partial charge < -0.3 is 19.6 Å². The van der Waals surface area contributed by atoms with Crippen molar-refractivity contribution in [2.24, 2.45) is 5.73 Å². The van der Waals surface area contributed by atoms with Gasteiger partial charge in [0.05, 0.1) is 7.11 Å². The van der Waals surface area contributed by atoms with Crippen LogP contribution in [-0.4, -0.2) is 19.3 Å². The first-order valence-corrected chi connectivity index (χ1v) is 7.78. The Morgan fingerprint density at radius 3 is 2.12 bits per heavy atom. The highest BCUT2D eigenvalue weighted by atomic mass is 16.5. The van der Waals surface area contributed by atoms with Gasteiger partial charge in [-0.15, -0.1) is 0 Å². The van der Waals surface area contributed by atoms with Crippen molar-refractivity contribution in [3.05, 3.63) is 71.7 Å². The maximum Gasteiger partial charge on any atom is 0.284 e. The summed E-state index contributed by atoms with van der Waals surface area (Å²) in [6.07, 6.45) is 1.59. The second kappa shape index (κ2) is 7.57. The van der Waals surface area contributed by atoms with Crippen molar-refractivity contribution in [2.45, 2.75) is 6.61 Å². The highest BCUT2D eigenvalue weighted by molar-refractivity contribution is 5.92. The quantitative estimate of drug-likeness (QED) is 0.707. The Bertz CT molecular complexity index is 910. The van der Waals surface area contributed by atoms with Crippen LogP contribution in [0, 0.1) is 0 Å². The molecule has 1 amide bonds. The third kappa shape index (κ3) is 3.75. The van der Waals surface area contributed by atoms with Gasteiger partial charge in [0.25, 0.3) is 12.2 Å². The van der Waals surface area contributed by atoms with Crippen LogP contribution in [0.15, 0.2) is 59.0 Å². The fourth-order valence-electron chi connectivity index (χ4n) is 2.48. The summed E-state index contributed by atoms with van der Waals surface area (Å²) in [7, 11) is 1.63. The number of amides is 1. The van der Waals surface area contributed by atoms with Gasteiger partial charge in [0.2, 0.25) is 0 Å². The Balaban J connectivity index is 1.70. The summed E-state index contributed by atoms with van der Waals surface area (Å²) in [6.45, 7) is 0.0470. The van der Waals surface area contributed by atoms with Crippen LogP contribution in [0.5, 0.6) is 11.5 Å². The average molecular weight is 350 g/mol. The molecule has 0 fully saturated rings. The molecule has 3 rings (SSSR count). The van der Waals surface area contributed by atoms with Gasteiger partial charge in [0.1, 0.15) is 18.1 Å². The molecule has 0 saturated carbocycles. The molecule has 2 aromatic carbocycles. The van der Waals surface area contributed by atoms with Crippen LogP contribution < -0.4 is 15.2 Å². The molecule has 0 aliphatic rings. The molecule has 26 heavy (non-hydrogen) atoms. The first kappa shape index (κ1) is 17.3. The lowest BCUT2D eigenvalue weighted by atomic mass is 10.1. The summed E-state index contributed by atoms with van der Waals surface area (Å²) in [5.41, 5.74) is 7.70. The van der Waals surface area contributed by atoms with E-state index in [1.54, 1.807) is 13.4 Å². The number of hydrogen-bond donors (Lipinski definition) is 1. The number of carbonyl (C=O) groups is 1. The molecule has 0 atom stereocenters. The molecular weight excluding hydrogens is 334 g/mol. The summed E-state index contributed by atoms with van der Waals surface area (Å²) in [5.74, 6) is 0.451. The molecule has 0 aliphatic carbocycles. The highest BCUT2D eigenvalue weighted by Crippen LogP contribution is 2.25. The molecule has 131 valence electrons. The summed E-state index contributed by atoms with van der Waals surface area (Å²) >= 11 is 0. The van der Waals surface area contributed by atoms with Crippen LogP contribution in [0.25, 0.3) is 11.1 Å². The molecular formula is C20H16NO5. The zero-order valence-electron chi connectivity index (χ0n) is 14.0. The van der Waals surface area contributed by atoms with Gasteiger partial charge in [-0.05, 0) is 41.5 Å². The number of furan rings is 1. The Hall–Kier alpha value is -3.54. The van der Waals surface area contributed by atoms with Crippen LogP contribution in [0.2, 0.25) is 0 Å². The molecule has 0 bridgehead atoms. The number of carbonyl (C=O) groups excluding carboxylic acids is 2. The van der Waals surface area contributed by atoms with E-state index >= 15 is 0 Å². The van der Waals surface area contributed by atoms with Crippen LogP contribution >= 0.6 is 0 Å². The predicted molar refractivity (Wildman–Crippen MR) is 94.8 cm³/mol. The first-order chi connectivity index (χ1) is 12.6. The lowest BCUT2D eigenvalue weighted by molar-refractivity contribution is 0.0970. The van der Waals surface area contributed by atoms with Gasteiger partial charge >= 0.3 is 0 Å². The van der Waals surface area contributed by atoms with E-state index in [1.165, 1.54) is 6.07 Å². The average Bonchev–Trinajstić information content (AvgIpc) is 3.11. The smallest absolute Gasteiger partial charge is 0.284 e. The molecule has 1 aromatic heterocycles. The zero-order valence-corrected chi connectivity index (χ0v) is 14.0. The van der Waals surface area contributed by atoms with E-state index in [2.05, 4.69) is 0 Å². The van der Waals surface area contributed by atoms with Crippen LogP contribution in [0.1, 0.15) is 21.9 Å². The van der Waals surface area contributed by atoms with Crippen LogP contribution in [-0.2, 0) is 11.4 Å². The van der Waals surface area contributed by atoms with E-state index in [0.717, 1.165) is 16.9 Å². The maximum absolute atomic E-state index is 11.3. The molecule has 0 spiro atoms. The zero-order chi connectivity index (χ0) is 18.5. The highest BCUT2D eigenvalue weighted by Gasteiger charge is 2.16. The predicted octanol–water partition coefficient (Wildman–Crippen LogP) is 3.09. The van der Waals surface area contributed by atoms with E-state index < -0.39 is 5.91 Å².